The topological polar surface area (TPSA) is 79.9 Å². The van der Waals surface area contributed by atoms with Crippen LogP contribution in [0.25, 0.3) is 0 Å². The molecular formula is C26H24N6O2. The van der Waals surface area contributed by atoms with Crippen LogP contribution in [0.5, 0.6) is 11.5 Å². The lowest BCUT2D eigenvalue weighted by atomic mass is 10.2. The second-order valence-electron chi connectivity index (χ2n) is 7.84. The van der Waals surface area contributed by atoms with Gasteiger partial charge in [-0.25, -0.2) is 9.36 Å². The zero-order valence-electron chi connectivity index (χ0n) is 18.6. The van der Waals surface area contributed by atoms with Gasteiger partial charge < -0.3 is 9.47 Å². The van der Waals surface area contributed by atoms with Gasteiger partial charge in [-0.15, -0.1) is 10.2 Å². The number of hydrogen-bond acceptors (Lipinski definition) is 6. The molecule has 0 N–H and O–H groups in total. The molecule has 0 amide bonds. The molecule has 0 aliphatic carbocycles. The smallest absolute Gasteiger partial charge is 0.134 e. The fourth-order valence-corrected chi connectivity index (χ4v) is 3.47. The van der Waals surface area contributed by atoms with Crippen molar-refractivity contribution < 1.29 is 9.47 Å². The summed E-state index contributed by atoms with van der Waals surface area (Å²) in [6.07, 6.45) is 3.79. The maximum absolute atomic E-state index is 5.89. The van der Waals surface area contributed by atoms with Crippen molar-refractivity contribution >= 4 is 0 Å². The van der Waals surface area contributed by atoms with Crippen LogP contribution in [0.15, 0.2) is 97.3 Å². The molecule has 8 heteroatoms. The van der Waals surface area contributed by atoms with Gasteiger partial charge in [0, 0.05) is 6.07 Å². The van der Waals surface area contributed by atoms with Crippen molar-refractivity contribution in [2.45, 2.75) is 26.3 Å². The molecule has 2 aromatic heterocycles. The molecule has 170 valence electrons. The Morgan fingerprint density at radius 2 is 1.03 bits per heavy atom. The van der Waals surface area contributed by atoms with E-state index >= 15 is 0 Å². The summed E-state index contributed by atoms with van der Waals surface area (Å²) in [5.74, 6) is 1.39. The second kappa shape index (κ2) is 10.4. The molecule has 0 saturated heterocycles. The first-order valence-corrected chi connectivity index (χ1v) is 11.0. The molecule has 5 aromatic rings. The average Bonchev–Trinajstić information content (AvgIpc) is 3.52. The zero-order chi connectivity index (χ0) is 23.0. The molecule has 0 saturated carbocycles. The molecule has 34 heavy (non-hydrogen) atoms. The number of ether oxygens (including phenoxy) is 2. The number of rotatable bonds is 10. The Bertz CT molecular complexity index is 1220. The first-order chi connectivity index (χ1) is 16.8. The standard InChI is InChI=1S/C26H24N6O2/c1-3-8-21(9-4-1)15-31-17-23(27-29-31)19-33-25-12-7-13-26(14-25)34-20-24-18-32(30-28-24)16-22-10-5-2-6-11-22/h1-14,17-18H,15-16,19-20H2. The highest BCUT2D eigenvalue weighted by Gasteiger charge is 2.06. The van der Waals surface area contributed by atoms with E-state index in [0.29, 0.717) is 37.8 Å². The van der Waals surface area contributed by atoms with Crippen LogP contribution in [0.1, 0.15) is 22.5 Å². The van der Waals surface area contributed by atoms with E-state index in [1.807, 2.05) is 73.1 Å². The van der Waals surface area contributed by atoms with Gasteiger partial charge in [-0.1, -0.05) is 77.2 Å². The average molecular weight is 453 g/mol. The largest absolute Gasteiger partial charge is 0.487 e. The number of aromatic nitrogens is 6. The van der Waals surface area contributed by atoms with Crippen LogP contribution in [0, 0.1) is 0 Å². The van der Waals surface area contributed by atoms with Gasteiger partial charge in [0.15, 0.2) is 0 Å². The second-order valence-corrected chi connectivity index (χ2v) is 7.84. The van der Waals surface area contributed by atoms with Crippen molar-refractivity contribution in [3.63, 3.8) is 0 Å². The van der Waals surface area contributed by atoms with Crippen molar-refractivity contribution in [2.75, 3.05) is 0 Å². The molecule has 0 unspecified atom stereocenters. The first-order valence-electron chi connectivity index (χ1n) is 11.0. The van der Waals surface area contributed by atoms with E-state index < -0.39 is 0 Å². The highest BCUT2D eigenvalue weighted by atomic mass is 16.5. The molecule has 3 aromatic carbocycles. The third-order valence-electron chi connectivity index (χ3n) is 5.13. The van der Waals surface area contributed by atoms with Crippen LogP contribution in [-0.4, -0.2) is 30.0 Å². The van der Waals surface area contributed by atoms with Crippen LogP contribution >= 0.6 is 0 Å². The van der Waals surface area contributed by atoms with Gasteiger partial charge in [0.05, 0.1) is 25.5 Å². The van der Waals surface area contributed by atoms with E-state index in [9.17, 15) is 0 Å². The lowest BCUT2D eigenvalue weighted by molar-refractivity contribution is 0.285. The van der Waals surface area contributed by atoms with Gasteiger partial charge in [-0.05, 0) is 23.3 Å². The molecule has 0 spiro atoms. The Kier molecular flexibility index (Phi) is 6.57. The predicted molar refractivity (Wildman–Crippen MR) is 126 cm³/mol. The summed E-state index contributed by atoms with van der Waals surface area (Å²) in [6.45, 7) is 2.00. The van der Waals surface area contributed by atoms with Crippen molar-refractivity contribution in [3.8, 4) is 11.5 Å². The molecule has 0 atom stereocenters. The molecule has 0 radical (unpaired) electrons. The first kappa shape index (κ1) is 21.4. The van der Waals surface area contributed by atoms with E-state index in [0.717, 1.165) is 11.4 Å². The lowest BCUT2D eigenvalue weighted by Gasteiger charge is -2.07. The molecule has 5 rings (SSSR count). The quantitative estimate of drug-likeness (QED) is 0.317. The number of hydrogen-bond donors (Lipinski definition) is 0. The minimum atomic E-state index is 0.325. The molecular weight excluding hydrogens is 428 g/mol. The normalized spacial score (nSPS) is 10.8. The van der Waals surface area contributed by atoms with Crippen LogP contribution in [0.4, 0.5) is 0 Å². The van der Waals surface area contributed by atoms with Gasteiger partial charge in [-0.3, -0.25) is 0 Å². The maximum atomic E-state index is 5.89. The summed E-state index contributed by atoms with van der Waals surface area (Å²) in [7, 11) is 0. The molecule has 0 bridgehead atoms. The highest BCUT2D eigenvalue weighted by molar-refractivity contribution is 5.33. The molecule has 0 fully saturated rings. The summed E-state index contributed by atoms with van der Waals surface area (Å²) in [5.41, 5.74) is 3.86. The Hall–Kier alpha value is -4.46. The Labute approximate surface area is 197 Å². The molecule has 8 nitrogen and oxygen atoms in total. The highest BCUT2D eigenvalue weighted by Crippen LogP contribution is 2.21. The van der Waals surface area contributed by atoms with E-state index in [1.165, 1.54) is 11.1 Å². The van der Waals surface area contributed by atoms with Crippen LogP contribution < -0.4 is 9.47 Å². The Morgan fingerprint density at radius 1 is 0.559 bits per heavy atom. The molecule has 0 aliphatic heterocycles. The monoisotopic (exact) mass is 452 g/mol. The van der Waals surface area contributed by atoms with Crippen LogP contribution in [-0.2, 0) is 26.3 Å². The SMILES string of the molecule is c1ccc(Cn2cc(COc3cccc(OCc4cn(Cc5ccccc5)nn4)c3)nn2)cc1. The molecule has 2 heterocycles. The third-order valence-corrected chi connectivity index (χ3v) is 5.13. The van der Waals surface area contributed by atoms with Crippen molar-refractivity contribution in [3.05, 3.63) is 120 Å². The summed E-state index contributed by atoms with van der Waals surface area (Å²) >= 11 is 0. The van der Waals surface area contributed by atoms with Gasteiger partial charge >= 0.3 is 0 Å². The Balaban J connectivity index is 1.12. The summed E-state index contributed by atoms with van der Waals surface area (Å²) in [4.78, 5) is 0. The van der Waals surface area contributed by atoms with E-state index in [1.54, 1.807) is 9.36 Å². The minimum absolute atomic E-state index is 0.325. The van der Waals surface area contributed by atoms with E-state index in [4.69, 9.17) is 9.47 Å². The molecule has 0 aliphatic rings. The van der Waals surface area contributed by atoms with Gasteiger partial charge in [0.25, 0.3) is 0 Å². The fourth-order valence-electron chi connectivity index (χ4n) is 3.47. The fraction of sp³-hybridized carbons (Fsp3) is 0.154. The maximum Gasteiger partial charge on any atom is 0.134 e. The number of nitrogens with zero attached hydrogens (tertiary/aromatic N) is 6. The van der Waals surface area contributed by atoms with Crippen molar-refractivity contribution in [1.82, 2.24) is 30.0 Å². The van der Waals surface area contributed by atoms with Crippen molar-refractivity contribution in [1.29, 1.82) is 0 Å². The summed E-state index contributed by atoms with van der Waals surface area (Å²) in [6, 6.07) is 27.8. The number of benzene rings is 3. The summed E-state index contributed by atoms with van der Waals surface area (Å²) in [5, 5.41) is 16.8. The van der Waals surface area contributed by atoms with Gasteiger partial charge in [0.1, 0.15) is 36.1 Å². The lowest BCUT2D eigenvalue weighted by Crippen LogP contribution is -2.00. The third kappa shape index (κ3) is 5.86. The Morgan fingerprint density at radius 3 is 1.50 bits per heavy atom. The minimum Gasteiger partial charge on any atom is -0.487 e. The van der Waals surface area contributed by atoms with Crippen LogP contribution in [0.2, 0.25) is 0 Å². The predicted octanol–water partition coefficient (Wildman–Crippen LogP) is 4.12. The van der Waals surface area contributed by atoms with E-state index in [-0.39, 0.29) is 0 Å². The van der Waals surface area contributed by atoms with E-state index in [2.05, 4.69) is 44.9 Å². The van der Waals surface area contributed by atoms with Gasteiger partial charge in [0.2, 0.25) is 0 Å². The summed E-state index contributed by atoms with van der Waals surface area (Å²) < 4.78 is 15.4. The van der Waals surface area contributed by atoms with Crippen molar-refractivity contribution in [2.24, 2.45) is 0 Å². The zero-order valence-corrected chi connectivity index (χ0v) is 18.6. The van der Waals surface area contributed by atoms with Crippen LogP contribution in [0.3, 0.4) is 0 Å². The van der Waals surface area contributed by atoms with Gasteiger partial charge in [-0.2, -0.15) is 0 Å².